The summed E-state index contributed by atoms with van der Waals surface area (Å²) in [6, 6.07) is 13.7. The first-order valence-electron chi connectivity index (χ1n) is 9.23. The topological polar surface area (TPSA) is 62.3 Å². The van der Waals surface area contributed by atoms with Gasteiger partial charge in [0.05, 0.1) is 10.9 Å². The average molecular weight is 414 g/mol. The van der Waals surface area contributed by atoms with E-state index < -0.39 is 5.25 Å². The number of hydrogen-bond donors (Lipinski definition) is 1. The van der Waals surface area contributed by atoms with Crippen LogP contribution < -0.4 is 5.32 Å². The third-order valence-electron chi connectivity index (χ3n) is 4.33. The van der Waals surface area contributed by atoms with Crippen molar-refractivity contribution in [1.82, 2.24) is 15.2 Å². The van der Waals surface area contributed by atoms with E-state index in [4.69, 9.17) is 12.2 Å². The summed E-state index contributed by atoms with van der Waals surface area (Å²) in [6.07, 6.45) is 1.91. The van der Waals surface area contributed by atoms with Gasteiger partial charge in [0.25, 0.3) is 0 Å². The van der Waals surface area contributed by atoms with Gasteiger partial charge in [0, 0.05) is 31.3 Å². The van der Waals surface area contributed by atoms with Crippen LogP contribution in [-0.4, -0.2) is 37.8 Å². The predicted octanol–water partition coefficient (Wildman–Crippen LogP) is 3.64. The number of nitrogens with zero attached hydrogens (tertiary/aromatic N) is 2. The molecule has 28 heavy (non-hydrogen) atoms. The molecule has 7 heteroatoms. The van der Waals surface area contributed by atoms with Gasteiger partial charge in [-0.3, -0.25) is 19.5 Å². The molecular formula is C21H23N3O2S2. The molecule has 1 N–H and O–H groups in total. The van der Waals surface area contributed by atoms with Crippen LogP contribution in [0.2, 0.25) is 0 Å². The number of thiocarbonyl (C=S) groups is 1. The molecular weight excluding hydrogens is 390 g/mol. The molecule has 2 amide bonds. The first kappa shape index (κ1) is 20.5. The van der Waals surface area contributed by atoms with Crippen LogP contribution in [0.5, 0.6) is 0 Å². The Hall–Kier alpha value is -2.25. The maximum atomic E-state index is 12.5. The third-order valence-corrected chi connectivity index (χ3v) is 5.91. The van der Waals surface area contributed by atoms with E-state index in [2.05, 4.69) is 10.3 Å². The Balaban J connectivity index is 1.51. The summed E-state index contributed by atoms with van der Waals surface area (Å²) < 4.78 is 0.571. The summed E-state index contributed by atoms with van der Waals surface area (Å²) in [5.74, 6) is 0.136. The summed E-state index contributed by atoms with van der Waals surface area (Å²) in [5, 5.41) is 2.48. The quantitative estimate of drug-likeness (QED) is 0.702. The fourth-order valence-corrected chi connectivity index (χ4v) is 4.44. The van der Waals surface area contributed by atoms with Gasteiger partial charge >= 0.3 is 0 Å². The lowest BCUT2D eigenvalue weighted by molar-refractivity contribution is -0.129. The van der Waals surface area contributed by atoms with Gasteiger partial charge < -0.3 is 5.32 Å². The van der Waals surface area contributed by atoms with Crippen LogP contribution in [0.4, 0.5) is 0 Å². The highest BCUT2D eigenvalue weighted by Crippen LogP contribution is 2.30. The van der Waals surface area contributed by atoms with Crippen molar-refractivity contribution < 1.29 is 9.59 Å². The molecule has 2 aromatic rings. The molecule has 0 saturated carbocycles. The third kappa shape index (κ3) is 5.17. The number of thioether (sulfide) groups is 1. The van der Waals surface area contributed by atoms with Crippen LogP contribution in [0.15, 0.2) is 48.7 Å². The molecule has 0 spiro atoms. The summed E-state index contributed by atoms with van der Waals surface area (Å²) in [6.45, 7) is 5.11. The van der Waals surface area contributed by atoms with Crippen LogP contribution >= 0.6 is 24.0 Å². The Labute approximate surface area is 174 Å². The van der Waals surface area contributed by atoms with Gasteiger partial charge in [0.15, 0.2) is 0 Å². The molecule has 1 fully saturated rings. The van der Waals surface area contributed by atoms with Gasteiger partial charge in [-0.15, -0.1) is 0 Å². The molecule has 1 saturated heterocycles. The molecule has 1 unspecified atom stereocenters. The fraction of sp³-hybridized carbons (Fsp3) is 0.333. The number of hydrogen-bond acceptors (Lipinski definition) is 5. The van der Waals surface area contributed by atoms with E-state index in [9.17, 15) is 9.59 Å². The Morgan fingerprint density at radius 1 is 1.25 bits per heavy atom. The standard InChI is InChI=1S/C21H23N3O2S2/c1-14(2)13-24-20(26)18(28-21(24)27)11-19(25)23-12-15-6-8-16(9-7-15)17-5-3-4-10-22-17/h3-10,14,18H,11-13H2,1-2H3,(H,23,25). The molecule has 0 bridgehead atoms. The van der Waals surface area contributed by atoms with Crippen molar-refractivity contribution in [2.75, 3.05) is 6.54 Å². The van der Waals surface area contributed by atoms with Crippen molar-refractivity contribution in [2.24, 2.45) is 5.92 Å². The zero-order valence-corrected chi connectivity index (χ0v) is 17.6. The van der Waals surface area contributed by atoms with E-state index in [-0.39, 0.29) is 18.2 Å². The van der Waals surface area contributed by atoms with Crippen molar-refractivity contribution in [3.05, 3.63) is 54.2 Å². The molecule has 3 rings (SSSR count). The van der Waals surface area contributed by atoms with Crippen LogP contribution in [0.25, 0.3) is 11.3 Å². The second-order valence-electron chi connectivity index (χ2n) is 7.11. The van der Waals surface area contributed by atoms with E-state index in [1.54, 1.807) is 11.1 Å². The first-order valence-corrected chi connectivity index (χ1v) is 10.5. The monoisotopic (exact) mass is 413 g/mol. The Morgan fingerprint density at radius 3 is 2.64 bits per heavy atom. The molecule has 1 aliphatic rings. The number of pyridine rings is 1. The average Bonchev–Trinajstić information content (AvgIpc) is 2.94. The predicted molar refractivity (Wildman–Crippen MR) is 117 cm³/mol. The van der Waals surface area contributed by atoms with Crippen molar-refractivity contribution in [1.29, 1.82) is 0 Å². The Kier molecular flexibility index (Phi) is 6.80. The summed E-state index contributed by atoms with van der Waals surface area (Å²) in [4.78, 5) is 30.7. The number of nitrogens with one attached hydrogen (secondary N) is 1. The van der Waals surface area contributed by atoms with E-state index in [0.717, 1.165) is 16.8 Å². The normalized spacial score (nSPS) is 16.7. The van der Waals surface area contributed by atoms with E-state index in [1.165, 1.54) is 11.8 Å². The summed E-state index contributed by atoms with van der Waals surface area (Å²) in [7, 11) is 0. The van der Waals surface area contributed by atoms with Crippen LogP contribution in [0.3, 0.4) is 0 Å². The van der Waals surface area contributed by atoms with Gasteiger partial charge in [0.1, 0.15) is 4.32 Å². The summed E-state index contributed by atoms with van der Waals surface area (Å²) >= 11 is 6.60. The van der Waals surface area contributed by atoms with Crippen molar-refractivity contribution in [3.8, 4) is 11.3 Å². The van der Waals surface area contributed by atoms with E-state index in [0.29, 0.717) is 23.3 Å². The Morgan fingerprint density at radius 2 is 2.00 bits per heavy atom. The minimum Gasteiger partial charge on any atom is -0.352 e. The van der Waals surface area contributed by atoms with Gasteiger partial charge in [0.2, 0.25) is 11.8 Å². The van der Waals surface area contributed by atoms with Crippen molar-refractivity contribution >= 4 is 40.1 Å². The molecule has 2 heterocycles. The minimum atomic E-state index is -0.419. The zero-order chi connectivity index (χ0) is 20.1. The molecule has 1 aromatic heterocycles. The van der Waals surface area contributed by atoms with Gasteiger partial charge in [-0.2, -0.15) is 0 Å². The van der Waals surface area contributed by atoms with Crippen LogP contribution in [-0.2, 0) is 16.1 Å². The molecule has 0 radical (unpaired) electrons. The smallest absolute Gasteiger partial charge is 0.242 e. The summed E-state index contributed by atoms with van der Waals surface area (Å²) in [5.41, 5.74) is 2.94. The lowest BCUT2D eigenvalue weighted by Crippen LogP contribution is -2.36. The molecule has 0 aliphatic carbocycles. The maximum Gasteiger partial charge on any atom is 0.242 e. The van der Waals surface area contributed by atoms with Crippen molar-refractivity contribution in [2.45, 2.75) is 32.1 Å². The number of benzene rings is 1. The lowest BCUT2D eigenvalue weighted by atomic mass is 10.1. The second kappa shape index (κ2) is 9.30. The Bertz CT molecular complexity index is 854. The highest BCUT2D eigenvalue weighted by atomic mass is 32.2. The number of rotatable bonds is 7. The van der Waals surface area contributed by atoms with E-state index in [1.807, 2.05) is 56.3 Å². The van der Waals surface area contributed by atoms with Gasteiger partial charge in [-0.1, -0.05) is 68.2 Å². The first-order chi connectivity index (χ1) is 13.4. The highest BCUT2D eigenvalue weighted by molar-refractivity contribution is 8.24. The fourth-order valence-electron chi connectivity index (χ4n) is 2.93. The van der Waals surface area contributed by atoms with Gasteiger partial charge in [-0.05, 0) is 23.6 Å². The van der Waals surface area contributed by atoms with E-state index >= 15 is 0 Å². The maximum absolute atomic E-state index is 12.5. The number of carbonyl (C=O) groups is 2. The lowest BCUT2D eigenvalue weighted by Gasteiger charge is -2.17. The number of amides is 2. The SMILES string of the molecule is CC(C)CN1C(=O)C(CC(=O)NCc2ccc(-c3ccccn3)cc2)SC1=S. The number of aromatic nitrogens is 1. The van der Waals surface area contributed by atoms with Crippen molar-refractivity contribution in [3.63, 3.8) is 0 Å². The van der Waals surface area contributed by atoms with Crippen LogP contribution in [0.1, 0.15) is 25.8 Å². The van der Waals surface area contributed by atoms with Crippen LogP contribution in [0, 0.1) is 5.92 Å². The largest absolute Gasteiger partial charge is 0.352 e. The highest BCUT2D eigenvalue weighted by Gasteiger charge is 2.38. The molecule has 5 nitrogen and oxygen atoms in total. The van der Waals surface area contributed by atoms with Gasteiger partial charge in [-0.25, -0.2) is 0 Å². The molecule has 1 aromatic carbocycles. The molecule has 1 aliphatic heterocycles. The molecule has 146 valence electrons. The number of carbonyl (C=O) groups excluding carboxylic acids is 2. The minimum absolute atomic E-state index is 0.0569. The molecule has 1 atom stereocenters. The zero-order valence-electron chi connectivity index (χ0n) is 15.9. The second-order valence-corrected chi connectivity index (χ2v) is 8.94.